The molecule has 0 radical (unpaired) electrons. The summed E-state index contributed by atoms with van der Waals surface area (Å²) >= 11 is 5.02. The number of amides is 2. The van der Waals surface area contributed by atoms with Crippen LogP contribution in [0.1, 0.15) is 53.5 Å². The Morgan fingerprint density at radius 2 is 1.33 bits per heavy atom. The molecule has 8 rings (SSSR count). The molecule has 2 aliphatic rings. The van der Waals surface area contributed by atoms with Crippen molar-refractivity contribution in [2.45, 2.75) is 43.0 Å². The number of ether oxygens (including phenoxy) is 1. The minimum atomic E-state index is -0.933. The van der Waals surface area contributed by atoms with Crippen LogP contribution in [-0.4, -0.2) is 61.1 Å². The van der Waals surface area contributed by atoms with Gasteiger partial charge in [0.05, 0.1) is 0 Å². The maximum atomic E-state index is 14.3. The molecule has 2 aliphatic heterocycles. The van der Waals surface area contributed by atoms with Gasteiger partial charge in [0.2, 0.25) is 0 Å². The number of carbonyl (C=O) groups excluding carboxylic acids is 3. The van der Waals surface area contributed by atoms with E-state index in [0.717, 1.165) is 33.4 Å². The third-order valence-corrected chi connectivity index (χ3v) is 13.4. The van der Waals surface area contributed by atoms with Gasteiger partial charge < -0.3 is 20.2 Å². The topological polar surface area (TPSA) is 122 Å². The maximum absolute atomic E-state index is 14.3. The number of alkyl halides is 1. The SMILES string of the molecule is CC(C)ON=C(C(=O)NC1C(=O)N2C(C(=O)OC(c3ccccc3)c3ccccc3)=C(CI)CS[C@H]12)c1csc(NC(c2ccccc2)(c2ccccc2)c2ccccc2)n1. The summed E-state index contributed by atoms with van der Waals surface area (Å²) in [7, 11) is 0. The maximum Gasteiger partial charge on any atom is 0.356 e. The molecule has 1 fully saturated rings. The summed E-state index contributed by atoms with van der Waals surface area (Å²) in [5.41, 5.74) is 4.96. The highest BCUT2D eigenvalue weighted by molar-refractivity contribution is 14.1. The normalized spacial score (nSPS) is 16.5. The van der Waals surface area contributed by atoms with E-state index in [1.54, 1.807) is 5.38 Å². The molecule has 61 heavy (non-hydrogen) atoms. The standard InChI is InChI=1S/C48H42IN5O5S2/c1-31(2)59-53-39(38-30-61-47(50-38)52-48(35-22-12-5-13-23-35,36-24-14-6-15-25-36)37-26-16-7-17-27-37)43(55)51-40-44(56)54-41(34(28-49)29-60-45(40)54)46(57)58-42(32-18-8-3-9-19-32)33-20-10-4-11-21-33/h3-27,30-31,40,42,45H,28-29H2,1-2H3,(H,50,52)(H,51,55)/t40?,45-/m1/s1. The predicted molar refractivity (Wildman–Crippen MR) is 249 cm³/mol. The van der Waals surface area contributed by atoms with Crippen LogP contribution in [0.4, 0.5) is 5.13 Å². The fraction of sp³-hybridized carbons (Fsp3) is 0.188. The van der Waals surface area contributed by atoms with Gasteiger partial charge in [-0.15, -0.1) is 23.1 Å². The summed E-state index contributed by atoms with van der Waals surface area (Å²) in [6.45, 7) is 3.62. The van der Waals surface area contributed by atoms with Gasteiger partial charge in [-0.25, -0.2) is 9.78 Å². The second-order valence-electron chi connectivity index (χ2n) is 14.7. The molecule has 0 aliphatic carbocycles. The molecule has 2 amide bonds. The number of thiazole rings is 1. The second kappa shape index (κ2) is 18.9. The lowest BCUT2D eigenvalue weighted by atomic mass is 9.77. The summed E-state index contributed by atoms with van der Waals surface area (Å²) in [4.78, 5) is 54.6. The number of hydrogen-bond acceptors (Lipinski definition) is 10. The van der Waals surface area contributed by atoms with Crippen LogP contribution in [0.5, 0.6) is 0 Å². The summed E-state index contributed by atoms with van der Waals surface area (Å²) in [5, 5.41) is 12.7. The predicted octanol–water partition coefficient (Wildman–Crippen LogP) is 9.10. The van der Waals surface area contributed by atoms with E-state index in [1.165, 1.54) is 28.0 Å². The summed E-state index contributed by atoms with van der Waals surface area (Å²) < 4.78 is 6.77. The zero-order valence-electron chi connectivity index (χ0n) is 33.3. The molecule has 0 spiro atoms. The van der Waals surface area contributed by atoms with Crippen LogP contribution in [0.2, 0.25) is 0 Å². The number of nitrogens with one attached hydrogen (secondary N) is 2. The van der Waals surface area contributed by atoms with Crippen molar-refractivity contribution < 1.29 is 24.0 Å². The molecule has 0 saturated carbocycles. The average Bonchev–Trinajstić information content (AvgIpc) is 3.77. The van der Waals surface area contributed by atoms with Gasteiger partial charge in [-0.3, -0.25) is 14.5 Å². The number of β-lactam (4-membered cyclic amide) rings is 1. The molecule has 5 aromatic carbocycles. The summed E-state index contributed by atoms with van der Waals surface area (Å²) in [6.07, 6.45) is -1.02. The molecule has 3 heterocycles. The van der Waals surface area contributed by atoms with Gasteiger partial charge in [0.25, 0.3) is 11.8 Å². The second-order valence-corrected chi connectivity index (χ2v) is 17.4. The van der Waals surface area contributed by atoms with Crippen molar-refractivity contribution in [2.75, 3.05) is 15.5 Å². The Morgan fingerprint density at radius 3 is 1.82 bits per heavy atom. The number of fused-ring (bicyclic) bond motifs is 1. The minimum absolute atomic E-state index is 0.0773. The Hall–Kier alpha value is -5.77. The first kappa shape index (κ1) is 41.9. The van der Waals surface area contributed by atoms with Gasteiger partial charge in [-0.2, -0.15) is 0 Å². The number of esters is 1. The monoisotopic (exact) mass is 959 g/mol. The number of hydrogen-bond donors (Lipinski definition) is 2. The Bertz CT molecular complexity index is 2400. The number of rotatable bonds is 15. The Morgan fingerprint density at radius 1 is 0.820 bits per heavy atom. The molecule has 6 aromatic rings. The molecule has 2 N–H and O–H groups in total. The van der Waals surface area contributed by atoms with Crippen molar-refractivity contribution >= 4 is 74.3 Å². The van der Waals surface area contributed by atoms with Crippen molar-refractivity contribution in [1.82, 2.24) is 15.2 Å². The van der Waals surface area contributed by atoms with Gasteiger partial charge in [-0.1, -0.05) is 179 Å². The fourth-order valence-electron chi connectivity index (χ4n) is 7.48. The van der Waals surface area contributed by atoms with E-state index < -0.39 is 40.8 Å². The number of oxime groups is 1. The van der Waals surface area contributed by atoms with Crippen LogP contribution >= 0.6 is 45.7 Å². The number of benzene rings is 5. The highest BCUT2D eigenvalue weighted by atomic mass is 127. The van der Waals surface area contributed by atoms with Crippen molar-refractivity contribution in [3.05, 3.63) is 202 Å². The van der Waals surface area contributed by atoms with Crippen LogP contribution in [0.15, 0.2) is 173 Å². The number of halogens is 1. The third kappa shape index (κ3) is 8.72. The van der Waals surface area contributed by atoms with Crippen molar-refractivity contribution in [1.29, 1.82) is 0 Å². The summed E-state index contributed by atoms with van der Waals surface area (Å²) in [6, 6.07) is 48.6. The van der Waals surface area contributed by atoms with E-state index in [4.69, 9.17) is 14.6 Å². The molecular weight excluding hydrogens is 918 g/mol. The van der Waals surface area contributed by atoms with E-state index >= 15 is 0 Å². The molecule has 308 valence electrons. The van der Waals surface area contributed by atoms with Gasteiger partial charge in [0, 0.05) is 15.6 Å². The van der Waals surface area contributed by atoms with E-state index in [0.29, 0.717) is 15.3 Å². The van der Waals surface area contributed by atoms with Gasteiger partial charge in [0.15, 0.2) is 16.9 Å². The lowest BCUT2D eigenvalue weighted by molar-refractivity contribution is -0.154. The Kier molecular flexibility index (Phi) is 13.0. The smallest absolute Gasteiger partial charge is 0.356 e. The highest BCUT2D eigenvalue weighted by Crippen LogP contribution is 2.43. The number of anilines is 1. The molecule has 1 aromatic heterocycles. The van der Waals surface area contributed by atoms with E-state index in [-0.39, 0.29) is 23.2 Å². The molecule has 0 bridgehead atoms. The largest absolute Gasteiger partial charge is 0.448 e. The Balaban J connectivity index is 1.05. The van der Waals surface area contributed by atoms with Crippen molar-refractivity contribution in [2.24, 2.45) is 5.16 Å². The minimum Gasteiger partial charge on any atom is -0.448 e. The first-order chi connectivity index (χ1) is 29.8. The van der Waals surface area contributed by atoms with Crippen LogP contribution in [0.25, 0.3) is 0 Å². The van der Waals surface area contributed by atoms with Crippen molar-refractivity contribution in [3.63, 3.8) is 0 Å². The molecule has 1 saturated heterocycles. The van der Waals surface area contributed by atoms with Crippen LogP contribution < -0.4 is 10.6 Å². The van der Waals surface area contributed by atoms with E-state index in [9.17, 15) is 14.4 Å². The van der Waals surface area contributed by atoms with Crippen LogP contribution in [0, 0.1) is 0 Å². The quantitative estimate of drug-likeness (QED) is 0.0199. The van der Waals surface area contributed by atoms with E-state index in [1.807, 2.05) is 129 Å². The number of thioether (sulfide) groups is 1. The third-order valence-electron chi connectivity index (χ3n) is 10.3. The van der Waals surface area contributed by atoms with Gasteiger partial charge in [-0.05, 0) is 47.2 Å². The number of nitrogens with zero attached hydrogens (tertiary/aromatic N) is 3. The Labute approximate surface area is 376 Å². The molecule has 13 heteroatoms. The molecule has 1 unspecified atom stereocenters. The lowest BCUT2D eigenvalue weighted by Crippen LogP contribution is -2.71. The van der Waals surface area contributed by atoms with Crippen molar-refractivity contribution in [3.8, 4) is 0 Å². The van der Waals surface area contributed by atoms with E-state index in [2.05, 4.69) is 74.8 Å². The zero-order valence-corrected chi connectivity index (χ0v) is 37.1. The first-order valence-electron chi connectivity index (χ1n) is 19.8. The number of carbonyl (C=O) groups is 3. The fourth-order valence-corrected chi connectivity index (χ4v) is 10.6. The zero-order chi connectivity index (χ0) is 42.3. The lowest BCUT2D eigenvalue weighted by Gasteiger charge is -2.49. The molecule has 2 atom stereocenters. The van der Waals surface area contributed by atoms with Gasteiger partial charge >= 0.3 is 5.97 Å². The summed E-state index contributed by atoms with van der Waals surface area (Å²) in [5.74, 6) is -1.16. The molecule has 10 nitrogen and oxygen atoms in total. The van der Waals surface area contributed by atoms with Gasteiger partial charge in [0.1, 0.15) is 34.4 Å². The van der Waals surface area contributed by atoms with Crippen LogP contribution in [0.3, 0.4) is 0 Å². The van der Waals surface area contributed by atoms with Crippen LogP contribution in [-0.2, 0) is 29.5 Å². The molecular formula is C48H42IN5O5S2. The average molecular weight is 960 g/mol. The number of aromatic nitrogens is 1. The highest BCUT2D eigenvalue weighted by Gasteiger charge is 2.55. The first-order valence-corrected chi connectivity index (χ1v) is 23.2.